The molecule has 0 bridgehead atoms. The summed E-state index contributed by atoms with van der Waals surface area (Å²) in [4.78, 5) is 17.2. The van der Waals surface area contributed by atoms with Gasteiger partial charge in [-0.2, -0.15) is 0 Å². The normalized spacial score (nSPS) is 10.8. The maximum atomic E-state index is 12.6. The number of hydrogen-bond acceptors (Lipinski definition) is 5. The molecule has 31 heavy (non-hydrogen) atoms. The van der Waals surface area contributed by atoms with Crippen LogP contribution in [0, 0.1) is 0 Å². The van der Waals surface area contributed by atoms with Crippen LogP contribution < -0.4 is 14.8 Å². The number of aromatic nitrogens is 1. The average molecular weight is 416 g/mol. The predicted molar refractivity (Wildman–Crippen MR) is 121 cm³/mol. The van der Waals surface area contributed by atoms with E-state index in [-0.39, 0.29) is 5.91 Å². The topological polar surface area (TPSA) is 73.6 Å². The Labute approximate surface area is 180 Å². The molecule has 4 aromatic rings. The molecule has 0 unspecified atom stereocenters. The highest BCUT2D eigenvalue weighted by atomic mass is 16.5. The zero-order valence-electron chi connectivity index (χ0n) is 17.6. The molecular formula is C25H24N2O4. The Morgan fingerprint density at radius 1 is 1.03 bits per heavy atom. The van der Waals surface area contributed by atoms with Gasteiger partial charge in [-0.25, -0.2) is 4.98 Å². The van der Waals surface area contributed by atoms with Crippen LogP contribution in [-0.4, -0.2) is 24.6 Å². The summed E-state index contributed by atoms with van der Waals surface area (Å²) in [7, 11) is 1.61. The number of benzene rings is 3. The van der Waals surface area contributed by atoms with Crippen molar-refractivity contribution in [3.05, 3.63) is 72.3 Å². The van der Waals surface area contributed by atoms with Crippen molar-refractivity contribution >= 4 is 22.7 Å². The van der Waals surface area contributed by atoms with Gasteiger partial charge in [0, 0.05) is 22.9 Å². The van der Waals surface area contributed by atoms with Crippen LogP contribution in [0.4, 0.5) is 5.69 Å². The fraction of sp³-hybridized carbons (Fsp3) is 0.200. The van der Waals surface area contributed by atoms with E-state index in [4.69, 9.17) is 13.9 Å². The first-order valence-electron chi connectivity index (χ1n) is 10.3. The van der Waals surface area contributed by atoms with Crippen LogP contribution in [0.1, 0.15) is 30.1 Å². The SMILES string of the molecule is CCCCOc1ccc(C(=O)Nc2cccc(-c3nc4cc(OC)ccc4o3)c2)cc1. The Bertz CT molecular complexity index is 1180. The summed E-state index contributed by atoms with van der Waals surface area (Å²) in [6.07, 6.45) is 2.09. The minimum atomic E-state index is -0.195. The number of hydrogen-bond donors (Lipinski definition) is 1. The fourth-order valence-electron chi connectivity index (χ4n) is 3.13. The van der Waals surface area contributed by atoms with Gasteiger partial charge < -0.3 is 19.2 Å². The quantitative estimate of drug-likeness (QED) is 0.360. The number of carbonyl (C=O) groups excluding carboxylic acids is 1. The van der Waals surface area contributed by atoms with Crippen molar-refractivity contribution in [3.63, 3.8) is 0 Å². The monoisotopic (exact) mass is 416 g/mol. The molecule has 0 saturated heterocycles. The second kappa shape index (κ2) is 9.34. The molecule has 0 atom stereocenters. The Morgan fingerprint density at radius 3 is 2.61 bits per heavy atom. The highest BCUT2D eigenvalue weighted by Gasteiger charge is 2.11. The molecule has 1 aromatic heterocycles. The molecule has 1 heterocycles. The number of unbranched alkanes of at least 4 members (excludes halogenated alkanes) is 1. The van der Waals surface area contributed by atoms with Gasteiger partial charge in [-0.1, -0.05) is 19.4 Å². The van der Waals surface area contributed by atoms with E-state index < -0.39 is 0 Å². The van der Waals surface area contributed by atoms with Gasteiger partial charge in [0.25, 0.3) is 5.91 Å². The first kappa shape index (κ1) is 20.5. The molecule has 1 amide bonds. The lowest BCUT2D eigenvalue weighted by Crippen LogP contribution is -2.11. The summed E-state index contributed by atoms with van der Waals surface area (Å²) in [5.74, 6) is 1.77. The van der Waals surface area contributed by atoms with Crippen molar-refractivity contribution < 1.29 is 18.7 Å². The number of fused-ring (bicyclic) bond motifs is 1. The van der Waals surface area contributed by atoms with Crippen molar-refractivity contribution in [2.45, 2.75) is 19.8 Å². The maximum absolute atomic E-state index is 12.6. The van der Waals surface area contributed by atoms with Crippen LogP contribution in [0.25, 0.3) is 22.6 Å². The first-order valence-corrected chi connectivity index (χ1v) is 10.3. The van der Waals surface area contributed by atoms with Crippen molar-refractivity contribution in [1.82, 2.24) is 4.98 Å². The van der Waals surface area contributed by atoms with E-state index >= 15 is 0 Å². The number of methoxy groups -OCH3 is 1. The van der Waals surface area contributed by atoms with Gasteiger partial charge in [0.15, 0.2) is 5.58 Å². The third-order valence-electron chi connectivity index (χ3n) is 4.85. The molecule has 1 N–H and O–H groups in total. The maximum Gasteiger partial charge on any atom is 0.255 e. The van der Waals surface area contributed by atoms with E-state index in [2.05, 4.69) is 17.2 Å². The largest absolute Gasteiger partial charge is 0.497 e. The molecule has 6 heteroatoms. The van der Waals surface area contributed by atoms with Crippen molar-refractivity contribution in [3.8, 4) is 23.0 Å². The van der Waals surface area contributed by atoms with E-state index in [1.54, 1.807) is 19.2 Å². The Balaban J connectivity index is 1.47. The zero-order chi connectivity index (χ0) is 21.6. The average Bonchev–Trinajstić information content (AvgIpc) is 3.23. The molecule has 6 nitrogen and oxygen atoms in total. The number of anilines is 1. The third kappa shape index (κ3) is 4.86. The Hall–Kier alpha value is -3.80. The van der Waals surface area contributed by atoms with Gasteiger partial charge in [-0.15, -0.1) is 0 Å². The summed E-state index contributed by atoms with van der Waals surface area (Å²) in [5, 5.41) is 2.92. The number of rotatable bonds is 8. The molecule has 0 aliphatic rings. The second-order valence-corrected chi connectivity index (χ2v) is 7.11. The molecule has 0 spiro atoms. The smallest absolute Gasteiger partial charge is 0.255 e. The highest BCUT2D eigenvalue weighted by molar-refractivity contribution is 6.04. The minimum absolute atomic E-state index is 0.195. The van der Waals surface area contributed by atoms with Gasteiger partial charge in [0.05, 0.1) is 13.7 Å². The molecule has 4 rings (SSSR count). The number of ether oxygens (including phenoxy) is 2. The summed E-state index contributed by atoms with van der Waals surface area (Å²) in [6.45, 7) is 2.80. The molecule has 0 aliphatic heterocycles. The van der Waals surface area contributed by atoms with Crippen LogP contribution in [0.15, 0.2) is 71.1 Å². The molecule has 0 aliphatic carbocycles. The first-order chi connectivity index (χ1) is 15.2. The van der Waals surface area contributed by atoms with E-state index in [0.29, 0.717) is 34.8 Å². The van der Waals surface area contributed by atoms with Crippen LogP contribution in [0.2, 0.25) is 0 Å². The minimum Gasteiger partial charge on any atom is -0.497 e. The number of nitrogens with zero attached hydrogens (tertiary/aromatic N) is 1. The summed E-state index contributed by atoms with van der Waals surface area (Å²) >= 11 is 0. The van der Waals surface area contributed by atoms with Gasteiger partial charge in [-0.3, -0.25) is 4.79 Å². The number of amides is 1. The molecule has 0 saturated carbocycles. The van der Waals surface area contributed by atoms with Crippen LogP contribution in [-0.2, 0) is 0 Å². The number of oxazole rings is 1. The van der Waals surface area contributed by atoms with Crippen LogP contribution in [0.5, 0.6) is 11.5 Å². The van der Waals surface area contributed by atoms with E-state index in [1.165, 1.54) is 0 Å². The van der Waals surface area contributed by atoms with Gasteiger partial charge in [0.2, 0.25) is 5.89 Å². The van der Waals surface area contributed by atoms with E-state index in [1.807, 2.05) is 54.6 Å². The van der Waals surface area contributed by atoms with E-state index in [0.717, 1.165) is 29.9 Å². The van der Waals surface area contributed by atoms with Crippen LogP contribution in [0.3, 0.4) is 0 Å². The van der Waals surface area contributed by atoms with Crippen molar-refractivity contribution in [1.29, 1.82) is 0 Å². The van der Waals surface area contributed by atoms with Crippen molar-refractivity contribution in [2.75, 3.05) is 19.0 Å². The second-order valence-electron chi connectivity index (χ2n) is 7.11. The molecular weight excluding hydrogens is 392 g/mol. The summed E-state index contributed by atoms with van der Waals surface area (Å²) in [6, 6.07) is 20.0. The number of nitrogens with one attached hydrogen (secondary N) is 1. The molecule has 158 valence electrons. The Kier molecular flexibility index (Phi) is 6.17. The summed E-state index contributed by atoms with van der Waals surface area (Å²) in [5.41, 5.74) is 3.37. The summed E-state index contributed by atoms with van der Waals surface area (Å²) < 4.78 is 16.7. The standard InChI is InChI=1S/C25H24N2O4/c1-3-4-14-30-20-10-8-17(9-11-20)24(28)26-19-7-5-6-18(15-19)25-27-22-16-21(29-2)12-13-23(22)31-25/h5-13,15-16H,3-4,14H2,1-2H3,(H,26,28). The predicted octanol–water partition coefficient (Wildman–Crippen LogP) is 5.93. The van der Waals surface area contributed by atoms with E-state index in [9.17, 15) is 4.79 Å². The van der Waals surface area contributed by atoms with Gasteiger partial charge >= 0.3 is 0 Å². The molecule has 0 radical (unpaired) electrons. The lowest BCUT2D eigenvalue weighted by molar-refractivity contribution is 0.102. The fourth-order valence-corrected chi connectivity index (χ4v) is 3.13. The highest BCUT2D eigenvalue weighted by Crippen LogP contribution is 2.28. The van der Waals surface area contributed by atoms with Gasteiger partial charge in [-0.05, 0) is 61.0 Å². The molecule has 3 aromatic carbocycles. The Morgan fingerprint density at radius 2 is 1.84 bits per heavy atom. The third-order valence-corrected chi connectivity index (χ3v) is 4.85. The van der Waals surface area contributed by atoms with Crippen LogP contribution >= 0.6 is 0 Å². The lowest BCUT2D eigenvalue weighted by Gasteiger charge is -2.08. The van der Waals surface area contributed by atoms with Crippen molar-refractivity contribution in [2.24, 2.45) is 0 Å². The van der Waals surface area contributed by atoms with Gasteiger partial charge in [0.1, 0.15) is 17.0 Å². The number of carbonyl (C=O) groups is 1. The molecule has 0 fully saturated rings. The lowest BCUT2D eigenvalue weighted by atomic mass is 10.1. The zero-order valence-corrected chi connectivity index (χ0v) is 17.6.